The van der Waals surface area contributed by atoms with Crippen molar-refractivity contribution in [3.05, 3.63) is 21.6 Å². The van der Waals surface area contributed by atoms with Crippen molar-refractivity contribution in [2.45, 2.75) is 50.6 Å². The second-order valence-electron chi connectivity index (χ2n) is 6.55. The van der Waals surface area contributed by atoms with Gasteiger partial charge in [0.05, 0.1) is 29.4 Å². The van der Waals surface area contributed by atoms with Gasteiger partial charge in [0.2, 0.25) is 0 Å². The molecule has 0 N–H and O–H groups in total. The SMILES string of the molecule is CN(c1cnn([C@@H]2CCS(=O)(=O)C2)c(=O)c1Cl)C1CCCCC1. The third kappa shape index (κ3) is 3.40. The maximum atomic E-state index is 12.5. The molecule has 1 saturated carbocycles. The number of sulfone groups is 1. The molecule has 1 aromatic heterocycles. The van der Waals surface area contributed by atoms with Crippen LogP contribution >= 0.6 is 11.6 Å². The summed E-state index contributed by atoms with van der Waals surface area (Å²) in [4.78, 5) is 14.6. The average Bonchev–Trinajstić information content (AvgIpc) is 2.90. The fourth-order valence-electron chi connectivity index (χ4n) is 3.58. The largest absolute Gasteiger partial charge is 0.369 e. The molecule has 0 spiro atoms. The summed E-state index contributed by atoms with van der Waals surface area (Å²) in [6.45, 7) is 0. The molecule has 128 valence electrons. The summed E-state index contributed by atoms with van der Waals surface area (Å²) in [5.74, 6) is 0.0706. The molecule has 2 heterocycles. The maximum Gasteiger partial charge on any atom is 0.287 e. The zero-order valence-corrected chi connectivity index (χ0v) is 14.8. The van der Waals surface area contributed by atoms with Crippen LogP contribution in [0.5, 0.6) is 0 Å². The first-order valence-electron chi connectivity index (χ1n) is 8.09. The first kappa shape index (κ1) is 16.8. The molecule has 2 aliphatic rings. The lowest BCUT2D eigenvalue weighted by molar-refractivity contribution is 0.425. The Labute approximate surface area is 141 Å². The lowest BCUT2D eigenvalue weighted by Crippen LogP contribution is -2.36. The molecular formula is C15H22ClN3O3S. The zero-order chi connectivity index (χ0) is 16.6. The van der Waals surface area contributed by atoms with E-state index in [0.717, 1.165) is 12.8 Å². The van der Waals surface area contributed by atoms with Gasteiger partial charge in [-0.2, -0.15) is 5.10 Å². The molecule has 23 heavy (non-hydrogen) atoms. The number of hydrogen-bond donors (Lipinski definition) is 0. The maximum absolute atomic E-state index is 12.5. The Bertz CT molecular complexity index is 741. The minimum absolute atomic E-state index is 0.0337. The number of halogens is 1. The van der Waals surface area contributed by atoms with Crippen molar-refractivity contribution in [3.8, 4) is 0 Å². The third-order valence-corrected chi connectivity index (χ3v) is 7.09. The topological polar surface area (TPSA) is 72.3 Å². The van der Waals surface area contributed by atoms with Crippen LogP contribution in [0.25, 0.3) is 0 Å². The lowest BCUT2D eigenvalue weighted by Gasteiger charge is -2.33. The van der Waals surface area contributed by atoms with Crippen LogP contribution < -0.4 is 10.5 Å². The standard InChI is InChI=1S/C15H22ClN3O3S/c1-18(11-5-3-2-4-6-11)13-9-17-19(15(20)14(13)16)12-7-8-23(21,22)10-12/h9,11-12H,2-8,10H2,1H3/t12-/m1/s1. The van der Waals surface area contributed by atoms with Crippen molar-refractivity contribution in [3.63, 3.8) is 0 Å². The monoisotopic (exact) mass is 359 g/mol. The van der Waals surface area contributed by atoms with Crippen molar-refractivity contribution < 1.29 is 8.42 Å². The lowest BCUT2D eigenvalue weighted by atomic mass is 9.94. The van der Waals surface area contributed by atoms with Crippen molar-refractivity contribution in [1.82, 2.24) is 9.78 Å². The molecule has 0 unspecified atom stereocenters. The highest BCUT2D eigenvalue weighted by atomic mass is 35.5. The highest BCUT2D eigenvalue weighted by Gasteiger charge is 2.31. The molecular weight excluding hydrogens is 338 g/mol. The summed E-state index contributed by atoms with van der Waals surface area (Å²) in [6.07, 6.45) is 7.85. The van der Waals surface area contributed by atoms with Gasteiger partial charge < -0.3 is 4.90 Å². The van der Waals surface area contributed by atoms with Gasteiger partial charge >= 0.3 is 0 Å². The Morgan fingerprint density at radius 3 is 2.57 bits per heavy atom. The molecule has 1 saturated heterocycles. The van der Waals surface area contributed by atoms with E-state index in [1.165, 1.54) is 23.9 Å². The van der Waals surface area contributed by atoms with E-state index in [0.29, 0.717) is 18.2 Å². The molecule has 8 heteroatoms. The van der Waals surface area contributed by atoms with Crippen LogP contribution in [0.2, 0.25) is 5.02 Å². The molecule has 0 radical (unpaired) electrons. The van der Waals surface area contributed by atoms with Gasteiger partial charge in [-0.25, -0.2) is 13.1 Å². The van der Waals surface area contributed by atoms with E-state index in [2.05, 4.69) is 5.10 Å². The van der Waals surface area contributed by atoms with Crippen LogP contribution in [0.1, 0.15) is 44.6 Å². The molecule has 0 aromatic carbocycles. The summed E-state index contributed by atoms with van der Waals surface area (Å²) in [5, 5.41) is 4.35. The Balaban J connectivity index is 1.87. The third-order valence-electron chi connectivity index (χ3n) is 4.98. The van der Waals surface area contributed by atoms with Gasteiger partial charge in [-0.3, -0.25) is 4.79 Å². The van der Waals surface area contributed by atoms with Crippen LogP contribution in [-0.4, -0.2) is 42.8 Å². The normalized spacial score (nSPS) is 24.7. The molecule has 0 amide bonds. The van der Waals surface area contributed by atoms with Crippen molar-refractivity contribution in [2.75, 3.05) is 23.5 Å². The first-order chi connectivity index (χ1) is 10.9. The predicted octanol–water partition coefficient (Wildman–Crippen LogP) is 2.03. The second-order valence-corrected chi connectivity index (χ2v) is 9.16. The summed E-state index contributed by atoms with van der Waals surface area (Å²) in [7, 11) is -1.12. The molecule has 1 aliphatic heterocycles. The molecule has 2 fully saturated rings. The highest BCUT2D eigenvalue weighted by molar-refractivity contribution is 7.91. The van der Waals surface area contributed by atoms with Gasteiger partial charge in [-0.1, -0.05) is 30.9 Å². The first-order valence-corrected chi connectivity index (χ1v) is 10.3. The Hall–Kier alpha value is -1.08. The Kier molecular flexibility index (Phi) is 4.69. The molecule has 0 bridgehead atoms. The summed E-state index contributed by atoms with van der Waals surface area (Å²) in [6, 6.07) is -0.0239. The Morgan fingerprint density at radius 1 is 1.26 bits per heavy atom. The molecule has 1 aliphatic carbocycles. The van der Waals surface area contributed by atoms with Crippen LogP contribution in [0, 0.1) is 0 Å². The highest BCUT2D eigenvalue weighted by Crippen LogP contribution is 2.29. The predicted molar refractivity (Wildman–Crippen MR) is 91.1 cm³/mol. The van der Waals surface area contributed by atoms with E-state index in [9.17, 15) is 13.2 Å². The van der Waals surface area contributed by atoms with Crippen LogP contribution in [-0.2, 0) is 9.84 Å². The number of anilines is 1. The van der Waals surface area contributed by atoms with Crippen molar-refractivity contribution in [1.29, 1.82) is 0 Å². The average molecular weight is 360 g/mol. The smallest absolute Gasteiger partial charge is 0.287 e. The van der Waals surface area contributed by atoms with E-state index in [-0.39, 0.29) is 16.5 Å². The van der Waals surface area contributed by atoms with E-state index in [1.807, 2.05) is 11.9 Å². The van der Waals surface area contributed by atoms with Crippen molar-refractivity contribution in [2.24, 2.45) is 0 Å². The number of hydrogen-bond acceptors (Lipinski definition) is 5. The summed E-state index contributed by atoms with van der Waals surface area (Å²) >= 11 is 6.30. The van der Waals surface area contributed by atoms with E-state index in [1.54, 1.807) is 6.20 Å². The van der Waals surface area contributed by atoms with E-state index < -0.39 is 21.4 Å². The van der Waals surface area contributed by atoms with Gasteiger partial charge in [-0.15, -0.1) is 0 Å². The fourth-order valence-corrected chi connectivity index (χ4v) is 5.54. The van der Waals surface area contributed by atoms with Crippen molar-refractivity contribution >= 4 is 27.1 Å². The van der Waals surface area contributed by atoms with E-state index >= 15 is 0 Å². The molecule has 1 aromatic rings. The summed E-state index contributed by atoms with van der Waals surface area (Å²) in [5.41, 5.74) is 0.245. The minimum atomic E-state index is -3.07. The summed E-state index contributed by atoms with van der Waals surface area (Å²) < 4.78 is 24.5. The van der Waals surface area contributed by atoms with Crippen LogP contribution in [0.3, 0.4) is 0 Å². The van der Waals surface area contributed by atoms with Crippen LogP contribution in [0.4, 0.5) is 5.69 Å². The Morgan fingerprint density at radius 2 is 1.96 bits per heavy atom. The van der Waals surface area contributed by atoms with Gasteiger partial charge in [0.15, 0.2) is 9.84 Å². The molecule has 6 nitrogen and oxygen atoms in total. The quantitative estimate of drug-likeness (QED) is 0.825. The van der Waals surface area contributed by atoms with Gasteiger partial charge in [-0.05, 0) is 19.3 Å². The van der Waals surface area contributed by atoms with Crippen LogP contribution in [0.15, 0.2) is 11.0 Å². The number of nitrogens with zero attached hydrogens (tertiary/aromatic N) is 3. The minimum Gasteiger partial charge on any atom is -0.369 e. The molecule has 3 rings (SSSR count). The number of aromatic nitrogens is 2. The number of rotatable bonds is 3. The van der Waals surface area contributed by atoms with Gasteiger partial charge in [0.1, 0.15) is 5.02 Å². The van der Waals surface area contributed by atoms with Gasteiger partial charge in [0, 0.05) is 13.1 Å². The molecule has 1 atom stereocenters. The van der Waals surface area contributed by atoms with Gasteiger partial charge in [0.25, 0.3) is 5.56 Å². The van der Waals surface area contributed by atoms with E-state index in [4.69, 9.17) is 11.6 Å². The fraction of sp³-hybridized carbons (Fsp3) is 0.733. The zero-order valence-electron chi connectivity index (χ0n) is 13.2. The second kappa shape index (κ2) is 6.43.